The molecular formula is C11H12N2O2. The van der Waals surface area contributed by atoms with Crippen molar-refractivity contribution < 1.29 is 9.53 Å². The van der Waals surface area contributed by atoms with Crippen LogP contribution in [0.4, 0.5) is 11.4 Å². The van der Waals surface area contributed by atoms with Crippen molar-refractivity contribution in [1.82, 2.24) is 0 Å². The zero-order valence-electron chi connectivity index (χ0n) is 8.63. The van der Waals surface area contributed by atoms with Crippen LogP contribution in [-0.4, -0.2) is 13.0 Å². The minimum absolute atomic E-state index is 0.391. The number of anilines is 2. The smallest absolute Gasteiger partial charge is 0.300 e. The number of methoxy groups -OCH3 is 1. The number of carbonyl (C=O) groups is 1. The van der Waals surface area contributed by atoms with Gasteiger partial charge in [-0.25, -0.2) is 0 Å². The molecule has 0 fully saturated rings. The lowest BCUT2D eigenvalue weighted by Crippen LogP contribution is -2.10. The molecule has 1 rings (SSSR count). The summed E-state index contributed by atoms with van der Waals surface area (Å²) in [5.74, 6) is 5.10. The van der Waals surface area contributed by atoms with Gasteiger partial charge in [0.1, 0.15) is 5.75 Å². The van der Waals surface area contributed by atoms with Gasteiger partial charge in [-0.3, -0.25) is 4.79 Å². The van der Waals surface area contributed by atoms with Crippen molar-refractivity contribution in [3.63, 3.8) is 0 Å². The van der Waals surface area contributed by atoms with Gasteiger partial charge >= 0.3 is 0 Å². The minimum atomic E-state index is -0.391. The third-order valence-corrected chi connectivity index (χ3v) is 1.75. The van der Waals surface area contributed by atoms with Crippen LogP contribution in [0.5, 0.6) is 5.75 Å². The molecule has 0 aliphatic rings. The highest BCUT2D eigenvalue weighted by atomic mass is 16.5. The van der Waals surface area contributed by atoms with Gasteiger partial charge in [0, 0.05) is 6.07 Å². The molecule has 0 saturated carbocycles. The number of ether oxygens (including phenoxy) is 1. The van der Waals surface area contributed by atoms with Crippen LogP contribution in [0.25, 0.3) is 0 Å². The summed E-state index contributed by atoms with van der Waals surface area (Å²) in [5, 5.41) is 2.57. The molecule has 0 radical (unpaired) electrons. The second-order valence-corrected chi connectivity index (χ2v) is 2.78. The molecule has 4 nitrogen and oxygen atoms in total. The Morgan fingerprint density at radius 2 is 2.27 bits per heavy atom. The summed E-state index contributed by atoms with van der Waals surface area (Å²) in [4.78, 5) is 11.2. The lowest BCUT2D eigenvalue weighted by Gasteiger charge is -2.07. The molecule has 3 N–H and O–H groups in total. The lowest BCUT2D eigenvalue weighted by atomic mass is 10.2. The van der Waals surface area contributed by atoms with E-state index in [0.717, 1.165) is 0 Å². The van der Waals surface area contributed by atoms with E-state index in [0.29, 0.717) is 17.1 Å². The highest BCUT2D eigenvalue weighted by molar-refractivity contribution is 6.05. The van der Waals surface area contributed by atoms with Gasteiger partial charge in [0.2, 0.25) is 0 Å². The van der Waals surface area contributed by atoms with Crippen LogP contribution in [0.3, 0.4) is 0 Å². The first-order valence-corrected chi connectivity index (χ1v) is 4.34. The maximum Gasteiger partial charge on any atom is 0.300 e. The van der Waals surface area contributed by atoms with E-state index in [4.69, 9.17) is 10.5 Å². The Hall–Kier alpha value is -2.15. The van der Waals surface area contributed by atoms with Gasteiger partial charge in [-0.05, 0) is 25.0 Å². The second-order valence-electron chi connectivity index (χ2n) is 2.78. The fourth-order valence-electron chi connectivity index (χ4n) is 1.04. The van der Waals surface area contributed by atoms with Crippen LogP contribution >= 0.6 is 0 Å². The van der Waals surface area contributed by atoms with E-state index in [2.05, 4.69) is 17.2 Å². The Morgan fingerprint density at radius 1 is 1.53 bits per heavy atom. The zero-order chi connectivity index (χ0) is 11.3. The minimum Gasteiger partial charge on any atom is -0.497 e. The Balaban J connectivity index is 2.91. The summed E-state index contributed by atoms with van der Waals surface area (Å²) in [7, 11) is 1.54. The van der Waals surface area contributed by atoms with E-state index in [1.165, 1.54) is 0 Å². The van der Waals surface area contributed by atoms with Crippen molar-refractivity contribution in [2.45, 2.75) is 6.92 Å². The number of amides is 1. The molecular weight excluding hydrogens is 192 g/mol. The quantitative estimate of drug-likeness (QED) is 0.562. The molecule has 78 valence electrons. The molecule has 15 heavy (non-hydrogen) atoms. The number of nitrogens with one attached hydrogen (secondary N) is 1. The molecule has 0 aliphatic heterocycles. The molecule has 0 unspecified atom stereocenters. The molecule has 1 aromatic rings. The van der Waals surface area contributed by atoms with Crippen LogP contribution in [-0.2, 0) is 4.79 Å². The van der Waals surface area contributed by atoms with E-state index >= 15 is 0 Å². The summed E-state index contributed by atoms with van der Waals surface area (Å²) < 4.78 is 5.01. The Labute approximate surface area is 88.4 Å². The summed E-state index contributed by atoms with van der Waals surface area (Å²) in [6, 6.07) is 5.02. The predicted molar refractivity (Wildman–Crippen MR) is 59.5 cm³/mol. The number of hydrogen-bond donors (Lipinski definition) is 2. The molecule has 0 saturated heterocycles. The highest BCUT2D eigenvalue weighted by Crippen LogP contribution is 2.23. The first kappa shape index (κ1) is 10.9. The van der Waals surface area contributed by atoms with Crippen molar-refractivity contribution in [1.29, 1.82) is 0 Å². The monoisotopic (exact) mass is 204 g/mol. The van der Waals surface area contributed by atoms with Crippen molar-refractivity contribution in [3.05, 3.63) is 18.2 Å². The van der Waals surface area contributed by atoms with E-state index in [-0.39, 0.29) is 0 Å². The van der Waals surface area contributed by atoms with Crippen LogP contribution in [0.1, 0.15) is 6.92 Å². The molecule has 0 heterocycles. The van der Waals surface area contributed by atoms with Gasteiger partial charge in [-0.15, -0.1) is 0 Å². The Bertz CT molecular complexity index is 430. The third kappa shape index (κ3) is 2.92. The molecule has 1 amide bonds. The molecule has 1 aromatic carbocycles. The fraction of sp³-hybridized carbons (Fsp3) is 0.182. The van der Waals surface area contributed by atoms with Gasteiger partial charge in [0.05, 0.1) is 18.5 Å². The number of hydrogen-bond acceptors (Lipinski definition) is 3. The Morgan fingerprint density at radius 3 is 2.87 bits per heavy atom. The van der Waals surface area contributed by atoms with Crippen LogP contribution in [0, 0.1) is 11.8 Å². The van der Waals surface area contributed by atoms with E-state index in [9.17, 15) is 4.79 Å². The van der Waals surface area contributed by atoms with Gasteiger partial charge in [-0.1, -0.05) is 5.92 Å². The van der Waals surface area contributed by atoms with Crippen LogP contribution < -0.4 is 15.8 Å². The summed E-state index contributed by atoms with van der Waals surface area (Å²) in [6.45, 7) is 1.59. The topological polar surface area (TPSA) is 64.3 Å². The van der Waals surface area contributed by atoms with Gasteiger partial charge in [0.15, 0.2) is 0 Å². The molecule has 0 spiro atoms. The number of nitrogens with two attached hydrogens (primary N) is 1. The molecule has 0 bridgehead atoms. The van der Waals surface area contributed by atoms with Gasteiger partial charge < -0.3 is 15.8 Å². The first-order valence-electron chi connectivity index (χ1n) is 4.34. The average molecular weight is 204 g/mol. The molecule has 0 aromatic heterocycles. The number of carbonyl (C=O) groups excluding carboxylic acids is 1. The van der Waals surface area contributed by atoms with Gasteiger partial charge in [-0.2, -0.15) is 0 Å². The van der Waals surface area contributed by atoms with E-state index < -0.39 is 5.91 Å². The third-order valence-electron chi connectivity index (χ3n) is 1.75. The number of benzene rings is 1. The average Bonchev–Trinajstić information content (AvgIpc) is 2.21. The zero-order valence-corrected chi connectivity index (χ0v) is 8.63. The van der Waals surface area contributed by atoms with Crippen LogP contribution in [0.15, 0.2) is 18.2 Å². The van der Waals surface area contributed by atoms with Crippen LogP contribution in [0.2, 0.25) is 0 Å². The highest BCUT2D eigenvalue weighted by Gasteiger charge is 2.03. The summed E-state index contributed by atoms with van der Waals surface area (Å²) in [5.41, 5.74) is 6.65. The summed E-state index contributed by atoms with van der Waals surface area (Å²) in [6.07, 6.45) is 0. The number of nitrogen functional groups attached to an aromatic ring is 1. The second kappa shape index (κ2) is 4.91. The first-order chi connectivity index (χ1) is 7.17. The lowest BCUT2D eigenvalue weighted by molar-refractivity contribution is -0.111. The SMILES string of the molecule is CC#CC(=O)Nc1cc(OC)ccc1N. The normalized spacial score (nSPS) is 8.67. The fourth-order valence-corrected chi connectivity index (χ4v) is 1.04. The van der Waals surface area contributed by atoms with Crippen molar-refractivity contribution >= 4 is 17.3 Å². The van der Waals surface area contributed by atoms with E-state index in [1.807, 2.05) is 0 Å². The predicted octanol–water partition coefficient (Wildman–Crippen LogP) is 1.24. The van der Waals surface area contributed by atoms with Crippen molar-refractivity contribution in [2.75, 3.05) is 18.2 Å². The van der Waals surface area contributed by atoms with Crippen molar-refractivity contribution in [2.24, 2.45) is 0 Å². The molecule has 0 atom stereocenters. The maximum atomic E-state index is 11.2. The molecule has 4 heteroatoms. The Kier molecular flexibility index (Phi) is 3.58. The summed E-state index contributed by atoms with van der Waals surface area (Å²) >= 11 is 0. The largest absolute Gasteiger partial charge is 0.497 e. The standard InChI is InChI=1S/C11H12N2O2/c1-3-4-11(14)13-10-7-8(15-2)5-6-9(10)12/h5-7H,12H2,1-2H3,(H,13,14). The molecule has 0 aliphatic carbocycles. The van der Waals surface area contributed by atoms with E-state index in [1.54, 1.807) is 32.2 Å². The van der Waals surface area contributed by atoms with Crippen molar-refractivity contribution in [3.8, 4) is 17.6 Å². The number of rotatable bonds is 2. The van der Waals surface area contributed by atoms with Gasteiger partial charge in [0.25, 0.3) is 5.91 Å². The maximum absolute atomic E-state index is 11.2.